The fourth-order valence-corrected chi connectivity index (χ4v) is 4.14. The van der Waals surface area contributed by atoms with Crippen molar-refractivity contribution in [1.29, 1.82) is 0 Å². The van der Waals surface area contributed by atoms with E-state index in [0.29, 0.717) is 6.54 Å². The molecule has 0 aliphatic carbocycles. The molecule has 4 nitrogen and oxygen atoms in total. The zero-order valence-corrected chi connectivity index (χ0v) is 13.9. The number of halogens is 1. The molecule has 1 atom stereocenters. The van der Waals surface area contributed by atoms with E-state index in [-0.39, 0.29) is 5.91 Å². The second kappa shape index (κ2) is 5.14. The monoisotopic (exact) mass is 373 g/mol. The Morgan fingerprint density at radius 2 is 1.95 bits per heavy atom. The smallest absolute Gasteiger partial charge is 0.247 e. The summed E-state index contributed by atoms with van der Waals surface area (Å²) in [6.45, 7) is 0.458. The minimum atomic E-state index is -0.631. The summed E-state index contributed by atoms with van der Waals surface area (Å²) in [4.78, 5) is 17.0. The van der Waals surface area contributed by atoms with Crippen molar-refractivity contribution in [1.82, 2.24) is 0 Å². The molecular formula is C16H12BrN3OS. The van der Waals surface area contributed by atoms with E-state index < -0.39 is 4.75 Å². The van der Waals surface area contributed by atoms with Crippen molar-refractivity contribution < 1.29 is 4.79 Å². The summed E-state index contributed by atoms with van der Waals surface area (Å²) in [5, 5.41) is 7.01. The van der Waals surface area contributed by atoms with E-state index >= 15 is 0 Å². The maximum Gasteiger partial charge on any atom is 0.247 e. The maximum atomic E-state index is 12.5. The quantitative estimate of drug-likeness (QED) is 0.798. The highest BCUT2D eigenvalue weighted by atomic mass is 79.9. The molecule has 0 saturated carbocycles. The number of amidine groups is 1. The number of benzene rings is 2. The lowest BCUT2D eigenvalue weighted by Crippen LogP contribution is -2.32. The highest BCUT2D eigenvalue weighted by molar-refractivity contribution is 9.10. The van der Waals surface area contributed by atoms with Gasteiger partial charge in [0.2, 0.25) is 5.91 Å². The summed E-state index contributed by atoms with van der Waals surface area (Å²) >= 11 is 4.90. The minimum absolute atomic E-state index is 0.00931. The van der Waals surface area contributed by atoms with Crippen LogP contribution in [0.25, 0.3) is 0 Å². The summed E-state index contributed by atoms with van der Waals surface area (Å²) < 4.78 is 0.397. The van der Waals surface area contributed by atoms with Gasteiger partial charge in [-0.3, -0.25) is 9.79 Å². The van der Waals surface area contributed by atoms with Crippen LogP contribution in [0, 0.1) is 0 Å². The molecule has 1 amide bonds. The molecule has 0 saturated heterocycles. The average Bonchev–Trinajstić information content (AvgIpc) is 3.06. The fraction of sp³-hybridized carbons (Fsp3) is 0.125. The van der Waals surface area contributed by atoms with Gasteiger partial charge in [-0.15, -0.1) is 0 Å². The lowest BCUT2D eigenvalue weighted by molar-refractivity contribution is -0.117. The summed E-state index contributed by atoms with van der Waals surface area (Å²) in [5.74, 6) is 0.00931. The van der Waals surface area contributed by atoms with Gasteiger partial charge < -0.3 is 10.6 Å². The van der Waals surface area contributed by atoms with Gasteiger partial charge in [0, 0.05) is 21.4 Å². The Morgan fingerprint density at radius 3 is 2.77 bits per heavy atom. The van der Waals surface area contributed by atoms with Crippen LogP contribution >= 0.6 is 27.7 Å². The molecule has 2 aromatic carbocycles. The van der Waals surface area contributed by atoms with Crippen LogP contribution in [0.5, 0.6) is 0 Å². The third-order valence-corrected chi connectivity index (χ3v) is 5.62. The van der Waals surface area contributed by atoms with E-state index in [2.05, 4.69) is 31.6 Å². The van der Waals surface area contributed by atoms with Crippen LogP contribution in [-0.4, -0.2) is 17.6 Å². The van der Waals surface area contributed by atoms with Crippen molar-refractivity contribution >= 4 is 50.1 Å². The Morgan fingerprint density at radius 1 is 1.18 bits per heavy atom. The number of nitrogens with one attached hydrogen (secondary N) is 2. The average molecular weight is 374 g/mol. The van der Waals surface area contributed by atoms with Crippen LogP contribution in [0.3, 0.4) is 0 Å². The Hall–Kier alpha value is -1.79. The van der Waals surface area contributed by atoms with Gasteiger partial charge in [-0.2, -0.15) is 0 Å². The summed E-state index contributed by atoms with van der Waals surface area (Å²) in [7, 11) is 0. The number of hydrogen-bond donors (Lipinski definition) is 2. The summed E-state index contributed by atoms with van der Waals surface area (Å²) in [6, 6.07) is 15.7. The zero-order chi connectivity index (χ0) is 15.2. The van der Waals surface area contributed by atoms with Crippen LogP contribution in [-0.2, 0) is 9.54 Å². The fourth-order valence-electron chi connectivity index (χ4n) is 2.68. The Bertz CT molecular complexity index is 790. The molecule has 110 valence electrons. The normalized spacial score (nSPS) is 22.4. The number of hydrogen-bond acceptors (Lipinski definition) is 4. The molecular weight excluding hydrogens is 362 g/mol. The molecule has 2 aliphatic heterocycles. The molecule has 2 aliphatic rings. The molecule has 22 heavy (non-hydrogen) atoms. The largest absolute Gasteiger partial charge is 0.335 e. The first-order chi connectivity index (χ1) is 10.7. The summed E-state index contributed by atoms with van der Waals surface area (Å²) in [5.41, 5.74) is 2.86. The first kappa shape index (κ1) is 13.8. The van der Waals surface area contributed by atoms with E-state index in [0.717, 1.165) is 26.6 Å². The molecule has 4 rings (SSSR count). The number of carbonyl (C=O) groups is 1. The van der Waals surface area contributed by atoms with E-state index in [1.807, 2.05) is 48.5 Å². The van der Waals surface area contributed by atoms with E-state index in [1.165, 1.54) is 11.8 Å². The molecule has 2 aromatic rings. The summed E-state index contributed by atoms with van der Waals surface area (Å²) in [6.07, 6.45) is 0. The van der Waals surface area contributed by atoms with Gasteiger partial charge >= 0.3 is 0 Å². The van der Waals surface area contributed by atoms with Gasteiger partial charge in [-0.1, -0.05) is 45.9 Å². The zero-order valence-electron chi connectivity index (χ0n) is 11.5. The second-order valence-corrected chi connectivity index (χ2v) is 7.39. The molecule has 0 aromatic heterocycles. The third kappa shape index (κ3) is 2.14. The third-order valence-electron chi connectivity index (χ3n) is 3.79. The molecule has 0 fully saturated rings. The lowest BCUT2D eigenvalue weighted by Gasteiger charge is -2.19. The SMILES string of the molecule is O=C1Nc2ccccc2C12CN=C(Nc1ccc(Br)cc1)S2. The number of rotatable bonds is 1. The van der Waals surface area contributed by atoms with Crippen LogP contribution in [0.2, 0.25) is 0 Å². The number of nitrogens with zero attached hydrogens (tertiary/aromatic N) is 1. The topological polar surface area (TPSA) is 53.5 Å². The van der Waals surface area contributed by atoms with Crippen molar-refractivity contribution in [3.05, 3.63) is 58.6 Å². The van der Waals surface area contributed by atoms with Gasteiger partial charge in [0.15, 0.2) is 5.17 Å². The van der Waals surface area contributed by atoms with Gasteiger partial charge in [0.05, 0.1) is 6.54 Å². The van der Waals surface area contributed by atoms with Crippen molar-refractivity contribution in [2.75, 3.05) is 17.2 Å². The van der Waals surface area contributed by atoms with Crippen molar-refractivity contribution in [2.45, 2.75) is 4.75 Å². The molecule has 2 N–H and O–H groups in total. The van der Waals surface area contributed by atoms with Crippen LogP contribution < -0.4 is 10.6 Å². The number of amides is 1. The number of fused-ring (bicyclic) bond motifs is 2. The van der Waals surface area contributed by atoms with E-state index in [9.17, 15) is 4.79 Å². The molecule has 2 heterocycles. The van der Waals surface area contributed by atoms with E-state index in [1.54, 1.807) is 0 Å². The second-order valence-electron chi connectivity index (χ2n) is 5.18. The number of anilines is 2. The molecule has 6 heteroatoms. The Labute approximate surface area is 140 Å². The number of para-hydroxylation sites is 1. The highest BCUT2D eigenvalue weighted by Crippen LogP contribution is 2.49. The van der Waals surface area contributed by atoms with Gasteiger partial charge in [0.25, 0.3) is 0 Å². The lowest BCUT2D eigenvalue weighted by atomic mass is 10.00. The molecule has 1 unspecified atom stereocenters. The molecule has 1 spiro atoms. The number of thioether (sulfide) groups is 1. The number of carbonyl (C=O) groups excluding carboxylic acids is 1. The van der Waals surface area contributed by atoms with Crippen molar-refractivity contribution in [2.24, 2.45) is 4.99 Å². The predicted octanol–water partition coefficient (Wildman–Crippen LogP) is 3.81. The maximum absolute atomic E-state index is 12.5. The van der Waals surface area contributed by atoms with Gasteiger partial charge in [-0.25, -0.2) is 0 Å². The molecule has 0 bridgehead atoms. The van der Waals surface area contributed by atoms with Crippen LogP contribution in [0.15, 0.2) is 58.0 Å². The van der Waals surface area contributed by atoms with Crippen molar-refractivity contribution in [3.8, 4) is 0 Å². The Kier molecular flexibility index (Phi) is 3.23. The minimum Gasteiger partial charge on any atom is -0.335 e. The van der Waals surface area contributed by atoms with Gasteiger partial charge in [0.1, 0.15) is 4.75 Å². The highest BCUT2D eigenvalue weighted by Gasteiger charge is 2.51. The van der Waals surface area contributed by atoms with Crippen LogP contribution in [0.1, 0.15) is 5.56 Å². The van der Waals surface area contributed by atoms with Crippen LogP contribution in [0.4, 0.5) is 11.4 Å². The van der Waals surface area contributed by atoms with E-state index in [4.69, 9.17) is 0 Å². The molecule has 0 radical (unpaired) electrons. The van der Waals surface area contributed by atoms with Gasteiger partial charge in [-0.05, 0) is 30.3 Å². The Balaban J connectivity index is 1.59. The first-order valence-corrected chi connectivity index (χ1v) is 8.45. The standard InChI is InChI=1S/C16H12BrN3OS/c17-10-5-7-11(8-6-10)19-15-18-9-16(22-15)12-3-1-2-4-13(12)20-14(16)21/h1-8H,9H2,(H,18,19)(H,20,21). The number of aliphatic imine (C=N–C) groups is 1. The van der Waals surface area contributed by atoms with Crippen molar-refractivity contribution in [3.63, 3.8) is 0 Å². The predicted molar refractivity (Wildman–Crippen MR) is 94.4 cm³/mol. The first-order valence-electron chi connectivity index (χ1n) is 6.84.